The van der Waals surface area contributed by atoms with Crippen LogP contribution in [0, 0.1) is 17.2 Å². The second-order valence-corrected chi connectivity index (χ2v) is 7.41. The number of hydrogen-bond donors (Lipinski definition) is 3. The Morgan fingerprint density at radius 2 is 1.92 bits per heavy atom. The molecule has 3 aliphatic heterocycles. The molecular weight excluding hydrogens is 307 g/mol. The van der Waals surface area contributed by atoms with Crippen molar-refractivity contribution < 1.29 is 9.18 Å². The Labute approximate surface area is 141 Å². The fourth-order valence-electron chi connectivity index (χ4n) is 4.37. The number of piperidine rings is 1. The van der Waals surface area contributed by atoms with Gasteiger partial charge in [-0.2, -0.15) is 0 Å². The van der Waals surface area contributed by atoms with Gasteiger partial charge in [-0.25, -0.2) is 9.82 Å². The Bertz CT molecular complexity index is 590. The maximum absolute atomic E-state index is 13.1. The van der Waals surface area contributed by atoms with Crippen molar-refractivity contribution in [2.45, 2.75) is 25.3 Å². The van der Waals surface area contributed by atoms with Gasteiger partial charge in [-0.1, -0.05) is 12.1 Å². The number of carbonyl (C=O) groups excluding carboxylic acids is 1. The summed E-state index contributed by atoms with van der Waals surface area (Å²) in [4.78, 5) is 15.0. The summed E-state index contributed by atoms with van der Waals surface area (Å²) < 4.78 is 13.1. The zero-order valence-electron chi connectivity index (χ0n) is 13.9. The number of rotatable bonds is 2. The van der Waals surface area contributed by atoms with E-state index >= 15 is 0 Å². The average Bonchev–Trinajstić information content (AvgIpc) is 3.26. The van der Waals surface area contributed by atoms with Crippen LogP contribution in [0.4, 0.5) is 4.39 Å². The molecule has 1 aromatic rings. The van der Waals surface area contributed by atoms with Gasteiger partial charge in [0.05, 0.1) is 12.0 Å². The minimum atomic E-state index is -0.251. The molecule has 3 saturated heterocycles. The van der Waals surface area contributed by atoms with Crippen molar-refractivity contribution >= 4 is 5.91 Å². The predicted octanol–water partition coefficient (Wildman–Crippen LogP) is 1.19. The molecule has 2 unspecified atom stereocenters. The smallest absolute Gasteiger partial charge is 0.229 e. The van der Waals surface area contributed by atoms with Crippen molar-refractivity contribution in [2.75, 3.05) is 32.7 Å². The first-order valence-corrected chi connectivity index (χ1v) is 8.90. The van der Waals surface area contributed by atoms with Crippen LogP contribution in [-0.4, -0.2) is 43.5 Å². The molecular formula is C18H25FN4O. The van der Waals surface area contributed by atoms with Crippen LogP contribution >= 0.6 is 0 Å². The average molecular weight is 332 g/mol. The molecule has 6 heteroatoms. The molecule has 4 rings (SSSR count). The first kappa shape index (κ1) is 16.0. The molecule has 5 nitrogen and oxygen atoms in total. The molecule has 0 bridgehead atoms. The SMILES string of the molecule is O=C(C1CNNC1c1ccc(F)cc1)N1CCC2(CCNC2)CC1. The van der Waals surface area contributed by atoms with Crippen LogP contribution < -0.4 is 16.2 Å². The Morgan fingerprint density at radius 1 is 1.17 bits per heavy atom. The minimum absolute atomic E-state index is 0.0952. The number of likely N-dealkylation sites (tertiary alicyclic amines) is 1. The van der Waals surface area contributed by atoms with E-state index in [1.54, 1.807) is 12.1 Å². The van der Waals surface area contributed by atoms with Crippen LogP contribution in [0.5, 0.6) is 0 Å². The number of hydrogen-bond acceptors (Lipinski definition) is 4. The van der Waals surface area contributed by atoms with E-state index in [1.165, 1.54) is 18.6 Å². The van der Waals surface area contributed by atoms with Crippen molar-refractivity contribution in [3.63, 3.8) is 0 Å². The normalized spacial score (nSPS) is 29.3. The summed E-state index contributed by atoms with van der Waals surface area (Å²) in [5.74, 6) is -0.173. The highest BCUT2D eigenvalue weighted by atomic mass is 19.1. The second-order valence-electron chi connectivity index (χ2n) is 7.41. The molecule has 3 heterocycles. The fraction of sp³-hybridized carbons (Fsp3) is 0.611. The highest BCUT2D eigenvalue weighted by molar-refractivity contribution is 5.80. The number of benzene rings is 1. The third-order valence-corrected chi connectivity index (χ3v) is 6.00. The zero-order chi connectivity index (χ0) is 16.6. The summed E-state index contributed by atoms with van der Waals surface area (Å²) in [7, 11) is 0. The number of amides is 1. The maximum Gasteiger partial charge on any atom is 0.229 e. The Kier molecular flexibility index (Phi) is 4.28. The van der Waals surface area contributed by atoms with Gasteiger partial charge in [-0.05, 0) is 48.9 Å². The Morgan fingerprint density at radius 3 is 2.58 bits per heavy atom. The van der Waals surface area contributed by atoms with E-state index in [0.29, 0.717) is 12.0 Å². The van der Waals surface area contributed by atoms with Crippen molar-refractivity contribution in [3.05, 3.63) is 35.6 Å². The number of hydrazine groups is 1. The summed E-state index contributed by atoms with van der Waals surface area (Å²) >= 11 is 0. The highest BCUT2D eigenvalue weighted by Gasteiger charge is 2.41. The van der Waals surface area contributed by atoms with E-state index in [4.69, 9.17) is 0 Å². The predicted molar refractivity (Wildman–Crippen MR) is 89.5 cm³/mol. The van der Waals surface area contributed by atoms with Gasteiger partial charge in [0.1, 0.15) is 5.82 Å². The summed E-state index contributed by atoms with van der Waals surface area (Å²) in [6, 6.07) is 6.33. The molecule has 3 N–H and O–H groups in total. The number of nitrogens with one attached hydrogen (secondary N) is 3. The monoisotopic (exact) mass is 332 g/mol. The van der Waals surface area contributed by atoms with Gasteiger partial charge < -0.3 is 10.2 Å². The molecule has 3 fully saturated rings. The van der Waals surface area contributed by atoms with Crippen molar-refractivity contribution in [2.24, 2.45) is 11.3 Å². The number of carbonyl (C=O) groups is 1. The summed E-state index contributed by atoms with van der Waals surface area (Å²) in [6.07, 6.45) is 3.43. The molecule has 0 aliphatic carbocycles. The number of halogens is 1. The van der Waals surface area contributed by atoms with Crippen LogP contribution in [0.15, 0.2) is 24.3 Å². The lowest BCUT2D eigenvalue weighted by Crippen LogP contribution is -2.47. The van der Waals surface area contributed by atoms with E-state index in [9.17, 15) is 9.18 Å². The first-order chi connectivity index (χ1) is 11.7. The largest absolute Gasteiger partial charge is 0.342 e. The van der Waals surface area contributed by atoms with Crippen LogP contribution in [0.25, 0.3) is 0 Å². The highest BCUT2D eigenvalue weighted by Crippen LogP contribution is 2.38. The van der Waals surface area contributed by atoms with Gasteiger partial charge >= 0.3 is 0 Å². The first-order valence-electron chi connectivity index (χ1n) is 8.90. The lowest BCUT2D eigenvalue weighted by Gasteiger charge is -2.40. The molecule has 1 amide bonds. The second kappa shape index (κ2) is 6.43. The van der Waals surface area contributed by atoms with E-state index in [2.05, 4.69) is 16.2 Å². The third kappa shape index (κ3) is 2.94. The standard InChI is InChI=1S/C18H25FN4O/c19-14-3-1-13(2-4-14)16-15(11-21-22-16)17(24)23-9-6-18(7-10-23)5-8-20-12-18/h1-4,15-16,20-22H,5-12H2. The Hall–Kier alpha value is -1.50. The molecule has 130 valence electrons. The number of nitrogens with zero attached hydrogens (tertiary/aromatic N) is 1. The van der Waals surface area contributed by atoms with E-state index in [0.717, 1.165) is 44.6 Å². The lowest BCUT2D eigenvalue weighted by molar-refractivity contribution is -0.137. The fourth-order valence-corrected chi connectivity index (χ4v) is 4.37. The molecule has 2 atom stereocenters. The lowest BCUT2D eigenvalue weighted by atomic mass is 9.77. The van der Waals surface area contributed by atoms with Crippen LogP contribution in [0.3, 0.4) is 0 Å². The summed E-state index contributed by atoms with van der Waals surface area (Å²) in [6.45, 7) is 4.53. The molecule has 3 aliphatic rings. The summed E-state index contributed by atoms with van der Waals surface area (Å²) in [5, 5.41) is 3.46. The van der Waals surface area contributed by atoms with Gasteiger partial charge in [0.15, 0.2) is 0 Å². The van der Waals surface area contributed by atoms with Crippen molar-refractivity contribution in [1.82, 2.24) is 21.1 Å². The molecule has 1 spiro atoms. The molecule has 0 saturated carbocycles. The van der Waals surface area contributed by atoms with Crippen molar-refractivity contribution in [1.29, 1.82) is 0 Å². The Balaban J connectivity index is 1.43. The van der Waals surface area contributed by atoms with Gasteiger partial charge in [0.25, 0.3) is 0 Å². The maximum atomic E-state index is 13.1. The molecule has 24 heavy (non-hydrogen) atoms. The van der Waals surface area contributed by atoms with Crippen molar-refractivity contribution in [3.8, 4) is 0 Å². The third-order valence-electron chi connectivity index (χ3n) is 6.00. The van der Waals surface area contributed by atoms with Gasteiger partial charge in [-0.15, -0.1) is 0 Å². The quantitative estimate of drug-likeness (QED) is 0.762. The molecule has 0 aromatic heterocycles. The van der Waals surface area contributed by atoms with E-state index in [-0.39, 0.29) is 23.7 Å². The van der Waals surface area contributed by atoms with Gasteiger partial charge in [0, 0.05) is 26.2 Å². The van der Waals surface area contributed by atoms with E-state index < -0.39 is 0 Å². The molecule has 1 aromatic carbocycles. The zero-order valence-corrected chi connectivity index (χ0v) is 13.9. The van der Waals surface area contributed by atoms with Gasteiger partial charge in [-0.3, -0.25) is 10.2 Å². The summed E-state index contributed by atoms with van der Waals surface area (Å²) in [5.41, 5.74) is 7.65. The van der Waals surface area contributed by atoms with E-state index in [1.807, 2.05) is 4.90 Å². The van der Waals surface area contributed by atoms with Crippen LogP contribution in [-0.2, 0) is 4.79 Å². The van der Waals surface area contributed by atoms with Crippen LogP contribution in [0.2, 0.25) is 0 Å². The van der Waals surface area contributed by atoms with Gasteiger partial charge in [0.2, 0.25) is 5.91 Å². The topological polar surface area (TPSA) is 56.4 Å². The van der Waals surface area contributed by atoms with Crippen LogP contribution in [0.1, 0.15) is 30.9 Å². The minimum Gasteiger partial charge on any atom is -0.342 e. The molecule has 0 radical (unpaired) electrons.